The molecule has 0 spiro atoms. The molecular formula is C20H34IN5O. The second kappa shape index (κ2) is 11.0. The number of rotatable bonds is 6. The molecule has 0 saturated carbocycles. The van der Waals surface area contributed by atoms with E-state index in [1.54, 1.807) is 0 Å². The van der Waals surface area contributed by atoms with Gasteiger partial charge in [0.1, 0.15) is 0 Å². The fourth-order valence-electron chi connectivity index (χ4n) is 4.11. The molecule has 0 amide bonds. The van der Waals surface area contributed by atoms with Gasteiger partial charge in [-0.25, -0.2) is 4.98 Å². The Bertz CT molecular complexity index is 581. The van der Waals surface area contributed by atoms with E-state index < -0.39 is 0 Å². The number of fused-ring (bicyclic) bond motifs is 2. The standard InChI is InChI=1S/C20H33N5O.HI/c1-4-10-26-19-9-8-15(13-22-19)14-23-20(21-2)24-16-11-17-6-5-7-18(12-16)25(17)3;/h8-9,13,16-18H,4-7,10-12,14H2,1-3H3,(H2,21,23,24);1H. The molecule has 152 valence electrons. The lowest BCUT2D eigenvalue weighted by molar-refractivity contribution is 0.0526. The summed E-state index contributed by atoms with van der Waals surface area (Å²) in [6.07, 6.45) is 9.31. The SMILES string of the molecule is CCCOc1ccc(CNC(=NC)NC2CC3CCCC(C2)N3C)cn1.I. The zero-order valence-electron chi connectivity index (χ0n) is 16.8. The minimum atomic E-state index is 0. The van der Waals surface area contributed by atoms with Crippen molar-refractivity contribution in [2.45, 2.75) is 70.1 Å². The molecule has 2 N–H and O–H groups in total. The van der Waals surface area contributed by atoms with Crippen molar-refractivity contribution in [2.24, 2.45) is 4.99 Å². The number of piperidine rings is 2. The first-order valence-corrected chi connectivity index (χ1v) is 9.96. The second-order valence-corrected chi connectivity index (χ2v) is 7.50. The summed E-state index contributed by atoms with van der Waals surface area (Å²) in [5, 5.41) is 7.05. The van der Waals surface area contributed by atoms with Gasteiger partial charge in [-0.05, 0) is 44.7 Å². The summed E-state index contributed by atoms with van der Waals surface area (Å²) in [4.78, 5) is 11.3. The summed E-state index contributed by atoms with van der Waals surface area (Å²) in [6, 6.07) is 5.94. The molecule has 2 saturated heterocycles. The Morgan fingerprint density at radius 2 is 2.04 bits per heavy atom. The molecule has 2 unspecified atom stereocenters. The molecule has 3 rings (SSSR count). The van der Waals surface area contributed by atoms with Crippen LogP contribution < -0.4 is 15.4 Å². The van der Waals surface area contributed by atoms with E-state index >= 15 is 0 Å². The number of nitrogens with one attached hydrogen (secondary N) is 2. The van der Waals surface area contributed by atoms with Crippen molar-refractivity contribution in [3.63, 3.8) is 0 Å². The van der Waals surface area contributed by atoms with Gasteiger partial charge in [0.15, 0.2) is 5.96 Å². The van der Waals surface area contributed by atoms with Crippen LogP contribution in [0.2, 0.25) is 0 Å². The topological polar surface area (TPSA) is 61.8 Å². The highest BCUT2D eigenvalue weighted by molar-refractivity contribution is 14.0. The van der Waals surface area contributed by atoms with Crippen LogP contribution in [0.5, 0.6) is 5.88 Å². The summed E-state index contributed by atoms with van der Waals surface area (Å²) in [5.41, 5.74) is 1.12. The lowest BCUT2D eigenvalue weighted by Crippen LogP contribution is -2.56. The molecule has 2 atom stereocenters. The predicted octanol–water partition coefficient (Wildman–Crippen LogP) is 3.17. The number of ether oxygens (including phenoxy) is 1. The van der Waals surface area contributed by atoms with Crippen molar-refractivity contribution < 1.29 is 4.74 Å². The fourth-order valence-corrected chi connectivity index (χ4v) is 4.11. The average molecular weight is 487 g/mol. The Labute approximate surface area is 180 Å². The lowest BCUT2D eigenvalue weighted by Gasteiger charge is -2.47. The van der Waals surface area contributed by atoms with E-state index in [4.69, 9.17) is 4.74 Å². The van der Waals surface area contributed by atoms with Crippen molar-refractivity contribution in [3.8, 4) is 5.88 Å². The highest BCUT2D eigenvalue weighted by atomic mass is 127. The third kappa shape index (κ3) is 6.20. The summed E-state index contributed by atoms with van der Waals surface area (Å²) in [7, 11) is 4.13. The van der Waals surface area contributed by atoms with E-state index in [1.165, 1.54) is 32.1 Å². The number of guanidine groups is 1. The first-order valence-electron chi connectivity index (χ1n) is 9.96. The number of halogens is 1. The molecule has 2 fully saturated rings. The van der Waals surface area contributed by atoms with Crippen molar-refractivity contribution in [1.29, 1.82) is 0 Å². The van der Waals surface area contributed by atoms with E-state index in [-0.39, 0.29) is 24.0 Å². The molecule has 6 nitrogen and oxygen atoms in total. The molecule has 7 heteroatoms. The van der Waals surface area contributed by atoms with Gasteiger partial charge in [0.05, 0.1) is 6.61 Å². The maximum absolute atomic E-state index is 5.53. The maximum atomic E-state index is 5.53. The van der Waals surface area contributed by atoms with Crippen molar-refractivity contribution in [2.75, 3.05) is 20.7 Å². The smallest absolute Gasteiger partial charge is 0.213 e. The van der Waals surface area contributed by atoms with Gasteiger partial charge in [-0.2, -0.15) is 0 Å². The quantitative estimate of drug-likeness (QED) is 0.367. The van der Waals surface area contributed by atoms with Gasteiger partial charge < -0.3 is 20.3 Å². The summed E-state index contributed by atoms with van der Waals surface area (Å²) in [6.45, 7) is 3.51. The zero-order chi connectivity index (χ0) is 18.4. The average Bonchev–Trinajstić information content (AvgIpc) is 2.65. The van der Waals surface area contributed by atoms with E-state index in [9.17, 15) is 0 Å². The monoisotopic (exact) mass is 487 g/mol. The second-order valence-electron chi connectivity index (χ2n) is 7.50. The zero-order valence-corrected chi connectivity index (χ0v) is 19.1. The molecular weight excluding hydrogens is 453 g/mol. The Kier molecular flexibility index (Phi) is 9.08. The van der Waals surface area contributed by atoms with Crippen LogP contribution in [0.3, 0.4) is 0 Å². The summed E-state index contributed by atoms with van der Waals surface area (Å²) < 4.78 is 5.53. The van der Waals surface area contributed by atoms with Gasteiger partial charge in [-0.1, -0.05) is 19.4 Å². The number of pyridine rings is 1. The van der Waals surface area contributed by atoms with E-state index in [2.05, 4.69) is 45.5 Å². The Morgan fingerprint density at radius 1 is 1.30 bits per heavy atom. The Balaban J connectivity index is 0.00000261. The number of aliphatic imine (C=N–C) groups is 1. The summed E-state index contributed by atoms with van der Waals surface area (Å²) in [5.74, 6) is 1.57. The van der Waals surface area contributed by atoms with Gasteiger partial charge in [0, 0.05) is 44.0 Å². The fraction of sp³-hybridized carbons (Fsp3) is 0.700. The van der Waals surface area contributed by atoms with Crippen LogP contribution in [-0.2, 0) is 6.54 Å². The van der Waals surface area contributed by atoms with Crippen LogP contribution in [0.25, 0.3) is 0 Å². The maximum Gasteiger partial charge on any atom is 0.213 e. The first kappa shape index (κ1) is 22.2. The molecule has 0 aliphatic carbocycles. The van der Waals surface area contributed by atoms with Crippen molar-refractivity contribution in [1.82, 2.24) is 20.5 Å². The van der Waals surface area contributed by atoms with Crippen LogP contribution in [-0.4, -0.2) is 54.7 Å². The highest BCUT2D eigenvalue weighted by Gasteiger charge is 2.36. The van der Waals surface area contributed by atoms with Crippen LogP contribution in [0.4, 0.5) is 0 Å². The number of hydrogen-bond donors (Lipinski definition) is 2. The van der Waals surface area contributed by atoms with Gasteiger partial charge in [-0.3, -0.25) is 4.99 Å². The number of aromatic nitrogens is 1. The first-order chi connectivity index (χ1) is 12.7. The van der Waals surface area contributed by atoms with E-state index in [0.717, 1.165) is 30.0 Å². The van der Waals surface area contributed by atoms with Gasteiger partial charge in [0.25, 0.3) is 0 Å². The highest BCUT2D eigenvalue weighted by Crippen LogP contribution is 2.32. The van der Waals surface area contributed by atoms with E-state index in [1.807, 2.05) is 19.3 Å². The molecule has 0 radical (unpaired) electrons. The third-order valence-electron chi connectivity index (χ3n) is 5.62. The molecule has 2 bridgehead atoms. The van der Waals surface area contributed by atoms with Crippen LogP contribution in [0, 0.1) is 0 Å². The lowest BCUT2D eigenvalue weighted by atomic mass is 9.82. The number of hydrogen-bond acceptors (Lipinski definition) is 4. The molecule has 2 aliphatic rings. The van der Waals surface area contributed by atoms with E-state index in [0.29, 0.717) is 25.1 Å². The molecule has 27 heavy (non-hydrogen) atoms. The Hall–Kier alpha value is -1.09. The molecule has 0 aromatic carbocycles. The largest absolute Gasteiger partial charge is 0.478 e. The van der Waals surface area contributed by atoms with Crippen molar-refractivity contribution >= 4 is 29.9 Å². The number of nitrogens with zero attached hydrogens (tertiary/aromatic N) is 3. The molecule has 3 heterocycles. The predicted molar refractivity (Wildman–Crippen MR) is 121 cm³/mol. The molecule has 1 aromatic heterocycles. The van der Waals surface area contributed by atoms with Crippen LogP contribution in [0.15, 0.2) is 23.3 Å². The van der Waals surface area contributed by atoms with Gasteiger partial charge in [-0.15, -0.1) is 24.0 Å². The van der Waals surface area contributed by atoms with Crippen LogP contribution >= 0.6 is 24.0 Å². The minimum absolute atomic E-state index is 0. The molecule has 2 aliphatic heterocycles. The minimum Gasteiger partial charge on any atom is -0.478 e. The van der Waals surface area contributed by atoms with Crippen molar-refractivity contribution in [3.05, 3.63) is 23.9 Å². The normalized spacial score (nSPS) is 25.4. The van der Waals surface area contributed by atoms with Crippen LogP contribution in [0.1, 0.15) is 51.0 Å². The molecule has 1 aromatic rings. The summed E-state index contributed by atoms with van der Waals surface area (Å²) >= 11 is 0. The third-order valence-corrected chi connectivity index (χ3v) is 5.62. The van der Waals surface area contributed by atoms with Gasteiger partial charge >= 0.3 is 0 Å². The van der Waals surface area contributed by atoms with Gasteiger partial charge in [0.2, 0.25) is 5.88 Å². The Morgan fingerprint density at radius 3 is 2.63 bits per heavy atom.